The highest BCUT2D eigenvalue weighted by Gasteiger charge is 2.27. The first-order chi connectivity index (χ1) is 10.4. The Balaban J connectivity index is 0.00000144. The molecule has 2 N–H and O–H groups in total. The molecule has 4 rings (SSSR count). The third-order valence-corrected chi connectivity index (χ3v) is 5.21. The van der Waals surface area contributed by atoms with Gasteiger partial charge in [0.2, 0.25) is 0 Å². The number of piperazine rings is 1. The number of rotatable bonds is 4. The van der Waals surface area contributed by atoms with Gasteiger partial charge in [-0.1, -0.05) is 0 Å². The van der Waals surface area contributed by atoms with Crippen LogP contribution in [0.4, 0.5) is 5.82 Å². The monoisotopic (exact) mass is 325 g/mol. The smallest absolute Gasteiger partial charge is 0.150 e. The number of hydrogen-bond acceptors (Lipinski definition) is 4. The summed E-state index contributed by atoms with van der Waals surface area (Å²) in [7, 11) is 0. The van der Waals surface area contributed by atoms with E-state index in [4.69, 9.17) is 0 Å². The van der Waals surface area contributed by atoms with Crippen molar-refractivity contribution in [3.63, 3.8) is 0 Å². The highest BCUT2D eigenvalue weighted by atomic mass is 35.5. The fourth-order valence-electron chi connectivity index (χ4n) is 3.70. The van der Waals surface area contributed by atoms with E-state index in [0.29, 0.717) is 0 Å². The third-order valence-electron chi connectivity index (χ3n) is 5.21. The number of nitrogens with zero attached hydrogens (tertiary/aromatic N) is 3. The van der Waals surface area contributed by atoms with Crippen LogP contribution in [0.3, 0.4) is 0 Å². The third kappa shape index (κ3) is 3.76. The Labute approximate surface area is 139 Å². The minimum atomic E-state index is 0. The van der Waals surface area contributed by atoms with Crippen molar-refractivity contribution in [1.82, 2.24) is 20.4 Å². The number of aromatic amines is 1. The molecule has 0 aromatic carbocycles. The van der Waals surface area contributed by atoms with Gasteiger partial charge in [0, 0.05) is 50.4 Å². The second kappa shape index (κ2) is 7.20. The van der Waals surface area contributed by atoms with Gasteiger partial charge in [0.05, 0.1) is 0 Å². The number of H-pyrrole nitrogens is 1. The van der Waals surface area contributed by atoms with Crippen LogP contribution in [0.2, 0.25) is 0 Å². The Morgan fingerprint density at radius 2 is 1.95 bits per heavy atom. The number of nitrogens with one attached hydrogen (secondary N) is 2. The molecule has 22 heavy (non-hydrogen) atoms. The van der Waals surface area contributed by atoms with Crippen molar-refractivity contribution in [2.24, 2.45) is 5.92 Å². The van der Waals surface area contributed by atoms with Crippen LogP contribution in [0.15, 0.2) is 6.07 Å². The Morgan fingerprint density at radius 3 is 2.64 bits per heavy atom. The van der Waals surface area contributed by atoms with Crippen LogP contribution >= 0.6 is 12.4 Å². The van der Waals surface area contributed by atoms with E-state index in [2.05, 4.69) is 31.4 Å². The molecule has 1 aromatic heterocycles. The van der Waals surface area contributed by atoms with Gasteiger partial charge < -0.3 is 10.2 Å². The summed E-state index contributed by atoms with van der Waals surface area (Å²) in [5.41, 5.74) is 1.35. The van der Waals surface area contributed by atoms with E-state index in [1.807, 2.05) is 0 Å². The summed E-state index contributed by atoms with van der Waals surface area (Å²) in [6.07, 6.45) is 5.43. The van der Waals surface area contributed by atoms with Crippen molar-refractivity contribution in [2.45, 2.75) is 31.6 Å². The zero-order valence-corrected chi connectivity index (χ0v) is 14.1. The summed E-state index contributed by atoms with van der Waals surface area (Å²) in [6.45, 7) is 8.31. The molecule has 5 nitrogen and oxygen atoms in total. The Morgan fingerprint density at radius 1 is 1.14 bits per heavy atom. The molecular weight excluding hydrogens is 298 g/mol. The van der Waals surface area contributed by atoms with Crippen LogP contribution in [-0.4, -0.2) is 60.9 Å². The number of piperidine rings is 1. The minimum absolute atomic E-state index is 0. The summed E-state index contributed by atoms with van der Waals surface area (Å²) in [5.74, 6) is 2.79. The quantitative estimate of drug-likeness (QED) is 0.886. The van der Waals surface area contributed by atoms with Crippen molar-refractivity contribution < 1.29 is 0 Å². The molecule has 3 aliphatic rings. The van der Waals surface area contributed by atoms with E-state index in [-0.39, 0.29) is 12.4 Å². The lowest BCUT2D eigenvalue weighted by Gasteiger charge is -2.37. The van der Waals surface area contributed by atoms with Crippen LogP contribution < -0.4 is 10.2 Å². The maximum absolute atomic E-state index is 4.51. The highest BCUT2D eigenvalue weighted by Crippen LogP contribution is 2.39. The van der Waals surface area contributed by atoms with Gasteiger partial charge >= 0.3 is 0 Å². The fraction of sp³-hybridized carbons (Fsp3) is 0.812. The molecule has 2 aliphatic heterocycles. The lowest BCUT2D eigenvalue weighted by molar-refractivity contribution is 0.198. The number of aromatic nitrogens is 2. The van der Waals surface area contributed by atoms with Gasteiger partial charge in [0.1, 0.15) is 0 Å². The summed E-state index contributed by atoms with van der Waals surface area (Å²) >= 11 is 0. The van der Waals surface area contributed by atoms with Crippen molar-refractivity contribution >= 4 is 18.2 Å². The van der Waals surface area contributed by atoms with E-state index >= 15 is 0 Å². The molecule has 1 saturated carbocycles. The van der Waals surface area contributed by atoms with E-state index < -0.39 is 0 Å². The molecule has 2 saturated heterocycles. The van der Waals surface area contributed by atoms with Gasteiger partial charge in [-0.15, -0.1) is 12.4 Å². The molecular formula is C16H28ClN5. The lowest BCUT2D eigenvalue weighted by atomic mass is 9.99. The Bertz CT molecular complexity index is 459. The molecule has 0 spiro atoms. The van der Waals surface area contributed by atoms with Crippen molar-refractivity contribution in [3.8, 4) is 0 Å². The van der Waals surface area contributed by atoms with Crippen LogP contribution in [0.1, 0.15) is 37.3 Å². The molecule has 1 unspecified atom stereocenters. The maximum atomic E-state index is 4.51. The molecule has 3 fully saturated rings. The average molecular weight is 326 g/mol. The first-order valence-corrected chi connectivity index (χ1v) is 8.62. The average Bonchev–Trinajstić information content (AvgIpc) is 3.27. The zero-order chi connectivity index (χ0) is 14.1. The normalized spacial score (nSPS) is 26.7. The predicted molar refractivity (Wildman–Crippen MR) is 92.1 cm³/mol. The molecule has 0 bridgehead atoms. The Hall–Kier alpha value is -0.780. The van der Waals surface area contributed by atoms with Gasteiger partial charge in [0.25, 0.3) is 0 Å². The molecule has 3 heterocycles. The number of hydrogen-bond donors (Lipinski definition) is 2. The topological polar surface area (TPSA) is 47.2 Å². The summed E-state index contributed by atoms with van der Waals surface area (Å²) in [5, 5.41) is 11.3. The van der Waals surface area contributed by atoms with Crippen LogP contribution in [0.5, 0.6) is 0 Å². The minimum Gasteiger partial charge on any atom is -0.353 e. The lowest BCUT2D eigenvalue weighted by Crippen LogP contribution is -2.49. The fourth-order valence-corrected chi connectivity index (χ4v) is 3.70. The van der Waals surface area contributed by atoms with Crippen LogP contribution in [0.25, 0.3) is 0 Å². The van der Waals surface area contributed by atoms with Crippen LogP contribution in [0, 0.1) is 5.92 Å². The zero-order valence-electron chi connectivity index (χ0n) is 13.3. The number of anilines is 1. The van der Waals surface area contributed by atoms with E-state index in [9.17, 15) is 0 Å². The number of halogens is 1. The largest absolute Gasteiger partial charge is 0.353 e. The molecule has 0 radical (unpaired) electrons. The second-order valence-corrected chi connectivity index (χ2v) is 6.96. The summed E-state index contributed by atoms with van der Waals surface area (Å²) in [4.78, 5) is 5.08. The maximum Gasteiger partial charge on any atom is 0.150 e. The van der Waals surface area contributed by atoms with E-state index in [0.717, 1.165) is 30.7 Å². The first kappa shape index (κ1) is 16.1. The van der Waals surface area contributed by atoms with Crippen LogP contribution in [-0.2, 0) is 0 Å². The van der Waals surface area contributed by atoms with Gasteiger partial charge in [-0.25, -0.2) is 0 Å². The van der Waals surface area contributed by atoms with E-state index in [1.54, 1.807) is 0 Å². The Kier molecular flexibility index (Phi) is 5.26. The molecule has 1 atom stereocenters. The second-order valence-electron chi connectivity index (χ2n) is 6.96. The summed E-state index contributed by atoms with van der Waals surface area (Å²) < 4.78 is 0. The van der Waals surface area contributed by atoms with Gasteiger partial charge in [0.15, 0.2) is 5.82 Å². The molecule has 1 aromatic rings. The van der Waals surface area contributed by atoms with E-state index in [1.165, 1.54) is 64.1 Å². The van der Waals surface area contributed by atoms with Crippen molar-refractivity contribution in [3.05, 3.63) is 11.8 Å². The van der Waals surface area contributed by atoms with Gasteiger partial charge in [-0.05, 0) is 44.7 Å². The van der Waals surface area contributed by atoms with Crippen molar-refractivity contribution in [2.75, 3.05) is 50.7 Å². The molecule has 0 amide bonds. The molecule has 1 aliphatic carbocycles. The highest BCUT2D eigenvalue weighted by molar-refractivity contribution is 5.85. The standard InChI is InChI=1S/C16H27N5.ClH/c1-2-13(11-17-5-1)12-20-6-8-21(9-7-20)16-10-15(18-19-16)14-3-4-14;/h10,13-14,17H,1-9,11-12H2,(H,18,19);1H. The predicted octanol–water partition coefficient (Wildman–Crippen LogP) is 1.83. The first-order valence-electron chi connectivity index (χ1n) is 8.62. The summed E-state index contributed by atoms with van der Waals surface area (Å²) in [6, 6.07) is 2.28. The SMILES string of the molecule is Cl.c1c(N2CCN(CC3CCCNC3)CC2)n[nH]c1C1CC1. The van der Waals surface area contributed by atoms with Gasteiger partial charge in [-0.2, -0.15) is 5.10 Å². The molecule has 6 heteroatoms. The van der Waals surface area contributed by atoms with Crippen molar-refractivity contribution in [1.29, 1.82) is 0 Å². The molecule has 124 valence electrons. The van der Waals surface area contributed by atoms with Gasteiger partial charge in [-0.3, -0.25) is 10.00 Å².